The van der Waals surface area contributed by atoms with Crippen molar-refractivity contribution in [3.63, 3.8) is 0 Å². The molecule has 0 unspecified atom stereocenters. The third-order valence-electron chi connectivity index (χ3n) is 4.86. The van der Waals surface area contributed by atoms with E-state index in [4.69, 9.17) is 14.2 Å². The van der Waals surface area contributed by atoms with Gasteiger partial charge in [-0.3, -0.25) is 4.79 Å². The van der Waals surface area contributed by atoms with Crippen LogP contribution in [0, 0.1) is 5.92 Å². The monoisotopic (exact) mass is 319 g/mol. The summed E-state index contributed by atoms with van der Waals surface area (Å²) in [5.41, 5.74) is 1.18. The topological polar surface area (TPSA) is 61.2 Å². The smallest absolute Gasteiger partial charge is 0.231 e. The van der Waals surface area contributed by atoms with Gasteiger partial charge >= 0.3 is 0 Å². The van der Waals surface area contributed by atoms with Crippen molar-refractivity contribution in [1.29, 1.82) is 0 Å². The normalized spacial score (nSPS) is 21.9. The lowest BCUT2D eigenvalue weighted by Gasteiger charge is -2.32. The van der Waals surface area contributed by atoms with Crippen LogP contribution in [0.4, 0.5) is 0 Å². The van der Waals surface area contributed by atoms with Crippen LogP contribution in [-0.2, 0) is 9.53 Å². The van der Waals surface area contributed by atoms with Gasteiger partial charge in [0.15, 0.2) is 11.5 Å². The fourth-order valence-corrected chi connectivity index (χ4v) is 3.30. The predicted molar refractivity (Wildman–Crippen MR) is 82.6 cm³/mol. The van der Waals surface area contributed by atoms with Gasteiger partial charge in [-0.25, -0.2) is 0 Å². The first-order valence-corrected chi connectivity index (χ1v) is 8.41. The number of hydrogen-bond donors (Lipinski definition) is 2. The molecule has 2 heterocycles. The van der Waals surface area contributed by atoms with Crippen LogP contribution in [0.3, 0.4) is 0 Å². The Labute approximate surface area is 135 Å². The molecule has 2 fully saturated rings. The van der Waals surface area contributed by atoms with E-state index < -0.39 is 0 Å². The van der Waals surface area contributed by atoms with E-state index in [1.54, 1.807) is 0 Å². The second-order valence-electron chi connectivity index (χ2n) is 6.46. The van der Waals surface area contributed by atoms with Gasteiger partial charge in [0, 0.05) is 11.5 Å². The van der Waals surface area contributed by atoms with Crippen molar-refractivity contribution in [3.8, 4) is 11.5 Å². The van der Waals surface area contributed by atoms with Crippen molar-refractivity contribution in [2.75, 3.05) is 39.6 Å². The number of amides is 1. The minimum absolute atomic E-state index is 0.198. The van der Waals surface area contributed by atoms with Crippen molar-refractivity contribution in [2.24, 2.45) is 5.92 Å². The Balaban J connectivity index is 1.51. The number of quaternary nitrogens is 1. The van der Waals surface area contributed by atoms with Crippen molar-refractivity contribution in [1.82, 2.24) is 5.32 Å². The summed E-state index contributed by atoms with van der Waals surface area (Å²) in [6.45, 7) is 4.40. The van der Waals surface area contributed by atoms with Gasteiger partial charge in [-0.1, -0.05) is 0 Å². The van der Waals surface area contributed by atoms with Gasteiger partial charge in [0.25, 0.3) is 0 Å². The van der Waals surface area contributed by atoms with Crippen LogP contribution < -0.4 is 19.7 Å². The minimum atomic E-state index is 0.198. The third-order valence-corrected chi connectivity index (χ3v) is 4.86. The first kappa shape index (κ1) is 14.8. The Morgan fingerprint density at radius 3 is 2.78 bits per heavy atom. The number of carbonyl (C=O) groups is 1. The maximum Gasteiger partial charge on any atom is 0.231 e. The summed E-state index contributed by atoms with van der Waals surface area (Å²) in [5, 5.41) is 3.14. The number of ether oxygens (including phenoxy) is 3. The summed E-state index contributed by atoms with van der Waals surface area (Å²) in [5.74, 6) is 2.04. The number of hydrogen-bond acceptors (Lipinski definition) is 4. The molecule has 2 N–H and O–H groups in total. The van der Waals surface area contributed by atoms with Crippen LogP contribution in [0.15, 0.2) is 18.2 Å². The highest BCUT2D eigenvalue weighted by atomic mass is 16.7. The van der Waals surface area contributed by atoms with Gasteiger partial charge in [0.2, 0.25) is 12.7 Å². The molecular formula is C17H23N2O4+. The van der Waals surface area contributed by atoms with Crippen LogP contribution in [0.5, 0.6) is 11.5 Å². The molecule has 0 aromatic heterocycles. The van der Waals surface area contributed by atoms with Gasteiger partial charge in [-0.2, -0.15) is 0 Å². The van der Waals surface area contributed by atoms with Crippen molar-refractivity contribution < 1.29 is 23.9 Å². The third kappa shape index (κ3) is 3.28. The Bertz CT molecular complexity index is 582. The van der Waals surface area contributed by atoms with Gasteiger partial charge in [0.1, 0.15) is 19.1 Å². The predicted octanol–water partition coefficient (Wildman–Crippen LogP) is -0.102. The van der Waals surface area contributed by atoms with Crippen molar-refractivity contribution in [3.05, 3.63) is 23.8 Å². The largest absolute Gasteiger partial charge is 0.454 e. The van der Waals surface area contributed by atoms with E-state index in [0.29, 0.717) is 6.54 Å². The zero-order valence-electron chi connectivity index (χ0n) is 13.2. The lowest BCUT2D eigenvalue weighted by Crippen LogP contribution is -3.15. The highest BCUT2D eigenvalue weighted by Gasteiger charge is 2.32. The zero-order chi connectivity index (χ0) is 15.6. The summed E-state index contributed by atoms with van der Waals surface area (Å²) in [6.07, 6.45) is 2.07. The highest BCUT2D eigenvalue weighted by molar-refractivity contribution is 5.80. The summed E-state index contributed by atoms with van der Waals surface area (Å²) in [6, 6.07) is 6.33. The Morgan fingerprint density at radius 1 is 1.22 bits per heavy atom. The van der Waals surface area contributed by atoms with Crippen LogP contribution in [0.25, 0.3) is 0 Å². The van der Waals surface area contributed by atoms with Gasteiger partial charge in [-0.05, 0) is 31.0 Å². The molecule has 1 saturated carbocycles. The lowest BCUT2D eigenvalue weighted by molar-refractivity contribution is -0.937. The summed E-state index contributed by atoms with van der Waals surface area (Å²) < 4.78 is 16.4. The molecule has 6 heteroatoms. The maximum atomic E-state index is 12.0. The van der Waals surface area contributed by atoms with Crippen LogP contribution in [0.2, 0.25) is 0 Å². The second-order valence-corrected chi connectivity index (χ2v) is 6.46. The van der Waals surface area contributed by atoms with Crippen LogP contribution in [0.1, 0.15) is 24.4 Å². The Morgan fingerprint density at radius 2 is 2.00 bits per heavy atom. The van der Waals surface area contributed by atoms with E-state index in [0.717, 1.165) is 50.6 Å². The average molecular weight is 319 g/mol. The van der Waals surface area contributed by atoms with E-state index in [9.17, 15) is 4.79 Å². The molecule has 3 aliphatic rings. The molecule has 6 nitrogen and oxygen atoms in total. The molecule has 1 aromatic carbocycles. The second kappa shape index (κ2) is 6.37. The SMILES string of the molecule is O=C(NC[C@@H](c1ccc2c(c1)OCO2)[NH+]1CCOCC1)C1CC1. The van der Waals surface area contributed by atoms with Crippen LogP contribution in [-0.4, -0.2) is 45.5 Å². The van der Waals surface area contributed by atoms with E-state index in [-0.39, 0.29) is 24.7 Å². The molecular weight excluding hydrogens is 296 g/mol. The number of fused-ring (bicyclic) bond motifs is 1. The molecule has 23 heavy (non-hydrogen) atoms. The van der Waals surface area contributed by atoms with E-state index in [1.165, 1.54) is 10.5 Å². The molecule has 0 radical (unpaired) electrons. The van der Waals surface area contributed by atoms with Gasteiger partial charge < -0.3 is 24.4 Å². The molecule has 124 valence electrons. The molecule has 4 rings (SSSR count). The highest BCUT2D eigenvalue weighted by Crippen LogP contribution is 2.34. The Hall–Kier alpha value is -1.79. The molecule has 1 amide bonds. The molecule has 1 saturated heterocycles. The van der Waals surface area contributed by atoms with Crippen molar-refractivity contribution in [2.45, 2.75) is 18.9 Å². The summed E-state index contributed by atoms with van der Waals surface area (Å²) in [7, 11) is 0. The molecule has 1 aromatic rings. The van der Waals surface area contributed by atoms with E-state index in [1.807, 2.05) is 6.07 Å². The number of morpholine rings is 1. The quantitative estimate of drug-likeness (QED) is 0.796. The number of nitrogens with one attached hydrogen (secondary N) is 2. The molecule has 0 spiro atoms. The first-order chi connectivity index (χ1) is 11.3. The molecule has 1 aliphatic carbocycles. The van der Waals surface area contributed by atoms with Crippen LogP contribution >= 0.6 is 0 Å². The fourth-order valence-electron chi connectivity index (χ4n) is 3.30. The number of benzene rings is 1. The van der Waals surface area contributed by atoms with E-state index >= 15 is 0 Å². The maximum absolute atomic E-state index is 12.0. The van der Waals surface area contributed by atoms with Gasteiger partial charge in [0.05, 0.1) is 19.8 Å². The summed E-state index contributed by atoms with van der Waals surface area (Å²) in [4.78, 5) is 13.5. The van der Waals surface area contributed by atoms with E-state index in [2.05, 4.69) is 17.4 Å². The standard InChI is InChI=1S/C17H22N2O4/c20-17(12-1-2-12)18-10-14(19-5-7-21-8-6-19)13-3-4-15-16(9-13)23-11-22-15/h3-4,9,12,14H,1-2,5-8,10-11H2,(H,18,20)/p+1/t14-/m0/s1. The molecule has 1 atom stereocenters. The Kier molecular flexibility index (Phi) is 4.10. The fraction of sp³-hybridized carbons (Fsp3) is 0.588. The number of rotatable bonds is 5. The average Bonchev–Trinajstić information content (AvgIpc) is 3.34. The number of carbonyl (C=O) groups excluding carboxylic acids is 1. The van der Waals surface area contributed by atoms with Gasteiger partial charge in [-0.15, -0.1) is 0 Å². The minimum Gasteiger partial charge on any atom is -0.454 e. The molecule has 2 aliphatic heterocycles. The van der Waals surface area contributed by atoms with Crippen molar-refractivity contribution >= 4 is 5.91 Å². The lowest BCUT2D eigenvalue weighted by atomic mass is 10.0. The first-order valence-electron chi connectivity index (χ1n) is 8.41. The zero-order valence-corrected chi connectivity index (χ0v) is 13.2. The summed E-state index contributed by atoms with van der Waals surface area (Å²) >= 11 is 0. The molecule has 0 bridgehead atoms.